The van der Waals surface area contributed by atoms with Gasteiger partial charge in [-0.3, -0.25) is 14.3 Å². The van der Waals surface area contributed by atoms with Crippen LogP contribution in [0.25, 0.3) is 0 Å². The van der Waals surface area contributed by atoms with Gasteiger partial charge in [-0.15, -0.1) is 0 Å². The van der Waals surface area contributed by atoms with Crippen LogP contribution >= 0.6 is 0 Å². The molecule has 0 spiro atoms. The number of ether oxygens (including phenoxy) is 1. The highest BCUT2D eigenvalue weighted by atomic mass is 16.5. The van der Waals surface area contributed by atoms with E-state index in [9.17, 15) is 9.59 Å². The summed E-state index contributed by atoms with van der Waals surface area (Å²) in [7, 11) is 1.54. The number of nitrogens with zero attached hydrogens (tertiary/aromatic N) is 2. The molecule has 2 aromatic rings. The van der Waals surface area contributed by atoms with E-state index in [1.807, 2.05) is 37.3 Å². The van der Waals surface area contributed by atoms with E-state index in [1.165, 1.54) is 13.1 Å². The van der Waals surface area contributed by atoms with Crippen LogP contribution < -0.4 is 10.6 Å². The average Bonchev–Trinajstić information content (AvgIpc) is 3.05. The van der Waals surface area contributed by atoms with Crippen LogP contribution in [0.5, 0.6) is 0 Å². The molecule has 0 radical (unpaired) electrons. The van der Waals surface area contributed by atoms with E-state index in [-0.39, 0.29) is 23.6 Å². The molecule has 7 heteroatoms. The lowest BCUT2D eigenvalue weighted by atomic mass is 10.1. The molecule has 0 unspecified atom stereocenters. The Morgan fingerprint density at radius 2 is 2.00 bits per heavy atom. The largest absolute Gasteiger partial charge is 0.381 e. The predicted molar refractivity (Wildman–Crippen MR) is 92.5 cm³/mol. The van der Waals surface area contributed by atoms with E-state index in [0.717, 1.165) is 5.56 Å². The number of hydrogen-bond acceptors (Lipinski definition) is 4. The maximum absolute atomic E-state index is 12.6. The third-order valence-electron chi connectivity index (χ3n) is 4.34. The maximum Gasteiger partial charge on any atom is 0.271 e. The van der Waals surface area contributed by atoms with Crippen LogP contribution in [0.3, 0.4) is 0 Å². The summed E-state index contributed by atoms with van der Waals surface area (Å²) in [6.07, 6.45) is 0. The van der Waals surface area contributed by atoms with Gasteiger partial charge in [0.2, 0.25) is 0 Å². The van der Waals surface area contributed by atoms with Crippen molar-refractivity contribution in [3.05, 3.63) is 53.3 Å². The maximum atomic E-state index is 12.6. The van der Waals surface area contributed by atoms with Crippen LogP contribution in [-0.2, 0) is 4.74 Å². The normalized spacial score (nSPS) is 15.3. The van der Waals surface area contributed by atoms with Crippen LogP contribution in [0.15, 0.2) is 36.4 Å². The van der Waals surface area contributed by atoms with Crippen molar-refractivity contribution in [1.29, 1.82) is 0 Å². The first-order valence-corrected chi connectivity index (χ1v) is 8.32. The van der Waals surface area contributed by atoms with E-state index in [1.54, 1.807) is 4.68 Å². The third kappa shape index (κ3) is 3.71. The number of rotatable bonds is 6. The monoisotopic (exact) mass is 342 g/mol. The molecule has 0 aliphatic carbocycles. The Balaban J connectivity index is 1.87. The number of carbonyl (C=O) groups excluding carboxylic acids is 2. The molecule has 1 aromatic carbocycles. The van der Waals surface area contributed by atoms with Crippen molar-refractivity contribution >= 4 is 11.8 Å². The molecule has 1 aliphatic rings. The lowest BCUT2D eigenvalue weighted by Gasteiger charge is -2.26. The van der Waals surface area contributed by atoms with Crippen LogP contribution in [0.2, 0.25) is 0 Å². The molecule has 0 saturated carbocycles. The van der Waals surface area contributed by atoms with E-state index in [2.05, 4.69) is 15.7 Å². The molecular formula is C18H22N4O3. The Morgan fingerprint density at radius 1 is 1.28 bits per heavy atom. The highest BCUT2D eigenvalue weighted by Gasteiger charge is 2.24. The minimum absolute atomic E-state index is 0.174. The average molecular weight is 342 g/mol. The van der Waals surface area contributed by atoms with Crippen LogP contribution in [-0.4, -0.2) is 48.4 Å². The summed E-state index contributed by atoms with van der Waals surface area (Å²) < 4.78 is 6.72. The summed E-state index contributed by atoms with van der Waals surface area (Å²) in [5.74, 6) is -0.205. The van der Waals surface area contributed by atoms with Gasteiger partial charge >= 0.3 is 0 Å². The number of amides is 2. The summed E-state index contributed by atoms with van der Waals surface area (Å²) in [4.78, 5) is 24.6. The second-order valence-electron chi connectivity index (χ2n) is 6.14. The molecular weight excluding hydrogens is 320 g/mol. The smallest absolute Gasteiger partial charge is 0.271 e. The van der Waals surface area contributed by atoms with Crippen LogP contribution in [0, 0.1) is 5.92 Å². The van der Waals surface area contributed by atoms with Crippen molar-refractivity contribution in [1.82, 2.24) is 20.4 Å². The lowest BCUT2D eigenvalue weighted by molar-refractivity contribution is -0.0299. The zero-order valence-electron chi connectivity index (χ0n) is 14.4. The van der Waals surface area contributed by atoms with Gasteiger partial charge in [-0.1, -0.05) is 30.3 Å². The third-order valence-corrected chi connectivity index (χ3v) is 4.34. The first-order chi connectivity index (χ1) is 12.1. The fourth-order valence-corrected chi connectivity index (χ4v) is 2.70. The number of carbonyl (C=O) groups is 2. The molecule has 2 heterocycles. The highest BCUT2D eigenvalue weighted by molar-refractivity contribution is 5.97. The van der Waals surface area contributed by atoms with E-state index in [0.29, 0.717) is 31.4 Å². The molecule has 3 rings (SSSR count). The number of nitrogens with one attached hydrogen (secondary N) is 2. The van der Waals surface area contributed by atoms with Crippen molar-refractivity contribution in [2.24, 2.45) is 5.92 Å². The molecule has 0 bridgehead atoms. The first kappa shape index (κ1) is 17.2. The SMILES string of the molecule is CNC(=O)c1cc(C(=O)NCC2COC2)n([C@@H](C)c2ccccc2)n1. The van der Waals surface area contributed by atoms with Crippen molar-refractivity contribution < 1.29 is 14.3 Å². The van der Waals surface area contributed by atoms with Gasteiger partial charge in [-0.05, 0) is 12.5 Å². The van der Waals surface area contributed by atoms with Gasteiger partial charge in [-0.25, -0.2) is 0 Å². The van der Waals surface area contributed by atoms with Gasteiger partial charge in [0.1, 0.15) is 5.69 Å². The Labute approximate surface area is 146 Å². The Kier molecular flexibility index (Phi) is 5.14. The molecule has 1 aliphatic heterocycles. The Morgan fingerprint density at radius 3 is 2.60 bits per heavy atom. The molecule has 1 fully saturated rings. The summed E-state index contributed by atoms with van der Waals surface area (Å²) >= 11 is 0. The standard InChI is InChI=1S/C18H22N4O3/c1-12(14-6-4-3-5-7-14)22-16(8-15(21-22)17(23)19-2)18(24)20-9-13-10-25-11-13/h3-8,12-13H,9-11H2,1-2H3,(H,19,23)(H,20,24)/t12-/m0/s1. The van der Waals surface area contributed by atoms with Crippen molar-refractivity contribution in [2.45, 2.75) is 13.0 Å². The minimum atomic E-state index is -0.319. The molecule has 7 nitrogen and oxygen atoms in total. The van der Waals surface area contributed by atoms with E-state index in [4.69, 9.17) is 4.74 Å². The summed E-state index contributed by atoms with van der Waals surface area (Å²) in [5.41, 5.74) is 1.60. The molecule has 25 heavy (non-hydrogen) atoms. The van der Waals surface area contributed by atoms with Gasteiger partial charge < -0.3 is 15.4 Å². The first-order valence-electron chi connectivity index (χ1n) is 8.32. The molecule has 1 atom stereocenters. The zero-order valence-corrected chi connectivity index (χ0v) is 14.4. The summed E-state index contributed by atoms with van der Waals surface area (Å²) in [6.45, 7) is 3.85. The minimum Gasteiger partial charge on any atom is -0.381 e. The van der Waals surface area contributed by atoms with Crippen LogP contribution in [0.1, 0.15) is 39.5 Å². The van der Waals surface area contributed by atoms with Gasteiger partial charge in [0.25, 0.3) is 11.8 Å². The van der Waals surface area contributed by atoms with Gasteiger partial charge in [0.05, 0.1) is 19.3 Å². The van der Waals surface area contributed by atoms with Crippen LogP contribution in [0.4, 0.5) is 0 Å². The second-order valence-corrected chi connectivity index (χ2v) is 6.14. The predicted octanol–water partition coefficient (Wildman–Crippen LogP) is 1.23. The number of benzene rings is 1. The highest BCUT2D eigenvalue weighted by Crippen LogP contribution is 2.20. The summed E-state index contributed by atoms with van der Waals surface area (Å²) in [6, 6.07) is 11.1. The zero-order chi connectivity index (χ0) is 17.8. The number of hydrogen-bond donors (Lipinski definition) is 2. The lowest BCUT2D eigenvalue weighted by Crippen LogP contribution is -2.39. The van der Waals surface area contributed by atoms with Crippen molar-refractivity contribution in [3.63, 3.8) is 0 Å². The van der Waals surface area contributed by atoms with Crippen molar-refractivity contribution in [2.75, 3.05) is 26.8 Å². The fourth-order valence-electron chi connectivity index (χ4n) is 2.70. The fraction of sp³-hybridized carbons (Fsp3) is 0.389. The molecule has 2 N–H and O–H groups in total. The van der Waals surface area contributed by atoms with E-state index < -0.39 is 0 Å². The number of aromatic nitrogens is 2. The Hall–Kier alpha value is -2.67. The van der Waals surface area contributed by atoms with Gasteiger partial charge in [0, 0.05) is 25.6 Å². The molecule has 132 valence electrons. The topological polar surface area (TPSA) is 85.3 Å². The molecule has 2 amide bonds. The van der Waals surface area contributed by atoms with Gasteiger partial charge in [0.15, 0.2) is 5.69 Å². The summed E-state index contributed by atoms with van der Waals surface area (Å²) in [5, 5.41) is 9.81. The molecule has 1 aromatic heterocycles. The van der Waals surface area contributed by atoms with Crippen molar-refractivity contribution in [3.8, 4) is 0 Å². The quantitative estimate of drug-likeness (QED) is 0.827. The van der Waals surface area contributed by atoms with E-state index >= 15 is 0 Å². The van der Waals surface area contributed by atoms with Gasteiger partial charge in [-0.2, -0.15) is 5.10 Å². The molecule has 1 saturated heterocycles. The second kappa shape index (κ2) is 7.48. The Bertz CT molecular complexity index is 753.